The van der Waals surface area contributed by atoms with Crippen LogP contribution in [0.15, 0.2) is 11.6 Å². The number of carbonyl (C=O) groups excluding carboxylic acids is 2. The molecule has 0 heterocycles. The van der Waals surface area contributed by atoms with Gasteiger partial charge in [0.25, 0.3) is 0 Å². The summed E-state index contributed by atoms with van der Waals surface area (Å²) in [5, 5.41) is 0. The zero-order chi connectivity index (χ0) is 18.5. The molecule has 3 nitrogen and oxygen atoms in total. The van der Waals surface area contributed by atoms with Gasteiger partial charge in [0.2, 0.25) is 0 Å². The van der Waals surface area contributed by atoms with E-state index in [4.69, 9.17) is 4.74 Å². The summed E-state index contributed by atoms with van der Waals surface area (Å²) in [5.74, 6) is 2.31. The number of aldehydes is 1. The number of Topliss-reactive ketones (excluding diaryl/α,β-unsaturated/α-hetero) is 1. The van der Waals surface area contributed by atoms with Gasteiger partial charge in [0.15, 0.2) is 0 Å². The van der Waals surface area contributed by atoms with Crippen LogP contribution in [-0.4, -0.2) is 24.8 Å². The average molecular weight is 359 g/mol. The van der Waals surface area contributed by atoms with E-state index >= 15 is 0 Å². The van der Waals surface area contributed by atoms with Gasteiger partial charge in [-0.05, 0) is 68.6 Å². The number of fused-ring (bicyclic) bond motifs is 5. The van der Waals surface area contributed by atoms with E-state index in [-0.39, 0.29) is 16.9 Å². The normalized spacial score (nSPS) is 47.6. The van der Waals surface area contributed by atoms with Crippen molar-refractivity contribution in [3.63, 3.8) is 0 Å². The molecule has 0 spiro atoms. The predicted molar refractivity (Wildman–Crippen MR) is 102 cm³/mol. The van der Waals surface area contributed by atoms with E-state index < -0.39 is 0 Å². The van der Waals surface area contributed by atoms with E-state index in [1.165, 1.54) is 11.9 Å². The fourth-order valence-electron chi connectivity index (χ4n) is 7.12. The molecule has 4 aliphatic carbocycles. The van der Waals surface area contributed by atoms with Crippen molar-refractivity contribution in [1.82, 2.24) is 0 Å². The number of ether oxygens (including phenoxy) is 1. The Morgan fingerprint density at radius 1 is 1.23 bits per heavy atom. The number of ketones is 1. The Labute approximate surface area is 157 Å². The Hall–Kier alpha value is -0.960. The molecule has 0 aromatic heterocycles. The minimum Gasteiger partial charge on any atom is -0.378 e. The second-order valence-electron chi connectivity index (χ2n) is 9.65. The lowest BCUT2D eigenvalue weighted by molar-refractivity contribution is -0.137. The molecular formula is C23H34O3. The van der Waals surface area contributed by atoms with Gasteiger partial charge in [0.1, 0.15) is 12.1 Å². The summed E-state index contributed by atoms with van der Waals surface area (Å²) in [6.07, 6.45) is 11.7. The fourth-order valence-corrected chi connectivity index (χ4v) is 7.12. The fraction of sp³-hybridized carbons (Fsp3) is 0.826. The maximum absolute atomic E-state index is 12.6. The Balaban J connectivity index is 1.67. The first-order valence-electron chi connectivity index (χ1n) is 10.8. The quantitative estimate of drug-likeness (QED) is 0.538. The molecule has 26 heavy (non-hydrogen) atoms. The van der Waals surface area contributed by atoms with Gasteiger partial charge in [0.05, 0.1) is 11.5 Å². The number of allylic oxidation sites excluding steroid dienone is 1. The summed E-state index contributed by atoms with van der Waals surface area (Å²) in [6, 6.07) is 0. The monoisotopic (exact) mass is 358 g/mol. The van der Waals surface area contributed by atoms with E-state index in [0.29, 0.717) is 29.5 Å². The van der Waals surface area contributed by atoms with Gasteiger partial charge in [-0.25, -0.2) is 0 Å². The molecule has 144 valence electrons. The highest BCUT2D eigenvalue weighted by Crippen LogP contribution is 2.64. The minimum atomic E-state index is -0.282. The molecule has 3 heteroatoms. The molecule has 4 aliphatic rings. The van der Waals surface area contributed by atoms with Crippen LogP contribution >= 0.6 is 0 Å². The van der Waals surface area contributed by atoms with Gasteiger partial charge >= 0.3 is 0 Å². The van der Waals surface area contributed by atoms with Gasteiger partial charge in [-0.1, -0.05) is 32.4 Å². The molecule has 0 aromatic carbocycles. The first-order valence-corrected chi connectivity index (χ1v) is 10.8. The maximum atomic E-state index is 12.6. The molecule has 7 atom stereocenters. The van der Waals surface area contributed by atoms with Crippen molar-refractivity contribution in [1.29, 1.82) is 0 Å². The summed E-state index contributed by atoms with van der Waals surface area (Å²) in [6.45, 7) is 7.49. The summed E-state index contributed by atoms with van der Waals surface area (Å²) < 4.78 is 6.04. The second kappa shape index (κ2) is 6.58. The van der Waals surface area contributed by atoms with Gasteiger partial charge in [-0.2, -0.15) is 0 Å². The van der Waals surface area contributed by atoms with Crippen LogP contribution in [-0.2, 0) is 14.3 Å². The number of hydrogen-bond acceptors (Lipinski definition) is 3. The number of hydrogen-bond donors (Lipinski definition) is 0. The van der Waals surface area contributed by atoms with Crippen molar-refractivity contribution in [3.05, 3.63) is 11.6 Å². The van der Waals surface area contributed by atoms with Crippen LogP contribution in [0.3, 0.4) is 0 Å². The molecule has 0 bridgehead atoms. The third-order valence-corrected chi connectivity index (χ3v) is 8.47. The molecule has 0 aromatic rings. The number of carbonyl (C=O) groups is 2. The Morgan fingerprint density at radius 3 is 2.77 bits per heavy atom. The van der Waals surface area contributed by atoms with Crippen molar-refractivity contribution in [2.75, 3.05) is 6.61 Å². The summed E-state index contributed by atoms with van der Waals surface area (Å²) in [7, 11) is 0. The standard InChI is InChI=1S/C23H34O3/c1-4-11-26-17-7-10-23(14-24)16(13-17)12-15(2)21-18-5-6-20(25)22(18,3)9-8-19(21)23/h12,14-15,17-19,21H,4-11,13H2,1-3H3/t15-,17+,18+,19+,21+,22+,23-/m1/s1. The lowest BCUT2D eigenvalue weighted by Gasteiger charge is -2.57. The van der Waals surface area contributed by atoms with Crippen molar-refractivity contribution >= 4 is 12.1 Å². The van der Waals surface area contributed by atoms with Crippen LogP contribution in [0.5, 0.6) is 0 Å². The van der Waals surface area contributed by atoms with Crippen molar-refractivity contribution in [2.24, 2.45) is 34.5 Å². The van der Waals surface area contributed by atoms with Crippen LogP contribution in [0.25, 0.3) is 0 Å². The largest absolute Gasteiger partial charge is 0.378 e. The first kappa shape index (κ1) is 18.4. The Kier molecular flexibility index (Phi) is 4.66. The zero-order valence-electron chi connectivity index (χ0n) is 16.6. The smallest absolute Gasteiger partial charge is 0.139 e. The Morgan fingerprint density at radius 2 is 2.04 bits per heavy atom. The first-order chi connectivity index (χ1) is 12.5. The Bertz CT molecular complexity index is 623. The van der Waals surface area contributed by atoms with E-state index in [1.807, 2.05) is 0 Å². The summed E-state index contributed by atoms with van der Waals surface area (Å²) >= 11 is 0. The zero-order valence-corrected chi connectivity index (χ0v) is 16.6. The van der Waals surface area contributed by atoms with E-state index in [2.05, 4.69) is 26.8 Å². The summed E-state index contributed by atoms with van der Waals surface area (Å²) in [4.78, 5) is 25.1. The third kappa shape index (κ3) is 2.49. The lowest BCUT2D eigenvalue weighted by Crippen LogP contribution is -2.54. The SMILES string of the molecule is CCCO[C@H]1CC[C@@]2(C=O)C(=C[C@@H](C)[C@@H]3[C@@H]2CC[C@]2(C)C(=O)CC[C@@H]32)C1. The van der Waals surface area contributed by atoms with Crippen molar-refractivity contribution in [2.45, 2.75) is 78.2 Å². The third-order valence-electron chi connectivity index (χ3n) is 8.47. The topological polar surface area (TPSA) is 43.4 Å². The van der Waals surface area contributed by atoms with E-state index in [9.17, 15) is 9.59 Å². The van der Waals surface area contributed by atoms with Gasteiger partial charge in [0, 0.05) is 18.4 Å². The van der Waals surface area contributed by atoms with Crippen LogP contribution in [0.2, 0.25) is 0 Å². The van der Waals surface area contributed by atoms with Crippen molar-refractivity contribution < 1.29 is 14.3 Å². The average Bonchev–Trinajstić information content (AvgIpc) is 2.94. The van der Waals surface area contributed by atoms with Crippen LogP contribution < -0.4 is 0 Å². The van der Waals surface area contributed by atoms with Crippen LogP contribution in [0, 0.1) is 34.5 Å². The van der Waals surface area contributed by atoms with Crippen LogP contribution in [0.1, 0.15) is 72.1 Å². The lowest BCUT2D eigenvalue weighted by atomic mass is 9.46. The highest BCUT2D eigenvalue weighted by molar-refractivity contribution is 5.87. The van der Waals surface area contributed by atoms with Gasteiger partial charge < -0.3 is 9.53 Å². The summed E-state index contributed by atoms with van der Waals surface area (Å²) in [5.41, 5.74) is 0.934. The molecule has 0 radical (unpaired) electrons. The molecule has 0 amide bonds. The molecule has 0 N–H and O–H groups in total. The molecular weight excluding hydrogens is 324 g/mol. The molecule has 3 fully saturated rings. The van der Waals surface area contributed by atoms with E-state index in [1.54, 1.807) is 0 Å². The number of rotatable bonds is 4. The molecule has 3 saturated carbocycles. The highest BCUT2D eigenvalue weighted by Gasteiger charge is 2.61. The molecule has 0 aliphatic heterocycles. The highest BCUT2D eigenvalue weighted by atomic mass is 16.5. The van der Waals surface area contributed by atoms with Crippen molar-refractivity contribution in [3.8, 4) is 0 Å². The maximum Gasteiger partial charge on any atom is 0.139 e. The molecule has 0 unspecified atom stereocenters. The minimum absolute atomic E-state index is 0.133. The van der Waals surface area contributed by atoms with E-state index in [0.717, 1.165) is 58.0 Å². The van der Waals surface area contributed by atoms with Gasteiger partial charge in [-0.15, -0.1) is 0 Å². The van der Waals surface area contributed by atoms with Gasteiger partial charge in [-0.3, -0.25) is 4.79 Å². The molecule has 0 saturated heterocycles. The predicted octanol–water partition coefficient (Wildman–Crippen LogP) is 4.74. The van der Waals surface area contributed by atoms with Crippen LogP contribution in [0.4, 0.5) is 0 Å². The second-order valence-corrected chi connectivity index (χ2v) is 9.65. The molecule has 4 rings (SSSR count).